The first kappa shape index (κ1) is 16.6. The van der Waals surface area contributed by atoms with Gasteiger partial charge in [-0.25, -0.2) is 0 Å². The molecule has 0 fully saturated rings. The van der Waals surface area contributed by atoms with Crippen molar-refractivity contribution in [2.45, 2.75) is 24.8 Å². The normalized spacial score (nSPS) is 12.3. The number of benzene rings is 1. The molecule has 3 rings (SSSR count). The third kappa shape index (κ3) is 3.32. The summed E-state index contributed by atoms with van der Waals surface area (Å²) in [4.78, 5) is 11.8. The van der Waals surface area contributed by atoms with Gasteiger partial charge in [0.25, 0.3) is 0 Å². The fourth-order valence-corrected chi connectivity index (χ4v) is 3.51. The minimum Gasteiger partial charge on any atom is -0.609 e. The van der Waals surface area contributed by atoms with E-state index >= 15 is 0 Å². The van der Waals surface area contributed by atoms with Crippen LogP contribution in [0.4, 0.5) is 0 Å². The maximum Gasteiger partial charge on any atom is 0.322 e. The van der Waals surface area contributed by atoms with Crippen LogP contribution < -0.4 is 9.47 Å². The van der Waals surface area contributed by atoms with Gasteiger partial charge >= 0.3 is 5.16 Å². The van der Waals surface area contributed by atoms with Crippen LogP contribution in [0.25, 0.3) is 11.0 Å². The number of nitrogens with one attached hydrogen (secondary N) is 1. The number of H-pyrrole nitrogens is 1. The molecule has 0 spiro atoms. The lowest BCUT2D eigenvalue weighted by molar-refractivity contribution is 0.337. The van der Waals surface area contributed by atoms with Crippen molar-refractivity contribution in [1.82, 2.24) is 15.0 Å². The quantitative estimate of drug-likeness (QED) is 0.695. The molecule has 0 saturated carbocycles. The van der Waals surface area contributed by atoms with Crippen molar-refractivity contribution >= 4 is 22.2 Å². The van der Waals surface area contributed by atoms with E-state index < -0.39 is 11.2 Å². The van der Waals surface area contributed by atoms with E-state index in [9.17, 15) is 4.55 Å². The SMILES string of the molecule is CCOc1ccnc(C[S+]([O-])c2nc3cc(OC)ccc3[nH]2)c1C. The molecule has 0 amide bonds. The number of pyridine rings is 1. The molecule has 1 atom stereocenters. The zero-order chi connectivity index (χ0) is 17.1. The number of aromatic nitrogens is 3. The monoisotopic (exact) mass is 345 g/mol. The van der Waals surface area contributed by atoms with E-state index in [1.54, 1.807) is 13.3 Å². The number of ether oxygens (including phenoxy) is 2. The number of methoxy groups -OCH3 is 1. The van der Waals surface area contributed by atoms with Gasteiger partial charge in [0.2, 0.25) is 0 Å². The van der Waals surface area contributed by atoms with Crippen LogP contribution in [0.15, 0.2) is 35.6 Å². The number of nitrogens with zero attached hydrogens (tertiary/aromatic N) is 2. The van der Waals surface area contributed by atoms with Gasteiger partial charge in [-0.3, -0.25) is 9.97 Å². The summed E-state index contributed by atoms with van der Waals surface area (Å²) in [5.74, 6) is 1.77. The molecule has 1 N–H and O–H groups in total. The molecule has 2 aromatic heterocycles. The Kier molecular flexibility index (Phi) is 4.92. The number of hydrogen-bond donors (Lipinski definition) is 1. The minimum atomic E-state index is -1.32. The number of fused-ring (bicyclic) bond motifs is 1. The summed E-state index contributed by atoms with van der Waals surface area (Å²) in [6, 6.07) is 7.33. The van der Waals surface area contributed by atoms with Crippen LogP contribution in [-0.4, -0.2) is 33.2 Å². The largest absolute Gasteiger partial charge is 0.609 e. The standard InChI is InChI=1S/C17H19N3O3S/c1-4-23-16-7-8-18-15(11(16)2)10-24(21)17-19-13-6-5-12(22-3)9-14(13)20-17/h5-9H,4,10H2,1-3H3,(H,19,20). The fraction of sp³-hybridized carbons (Fsp3) is 0.294. The van der Waals surface area contributed by atoms with Crippen LogP contribution >= 0.6 is 0 Å². The van der Waals surface area contributed by atoms with Gasteiger partial charge in [-0.05, 0) is 32.0 Å². The van der Waals surface area contributed by atoms with Crippen LogP contribution in [0.5, 0.6) is 11.5 Å². The zero-order valence-corrected chi connectivity index (χ0v) is 14.6. The van der Waals surface area contributed by atoms with Gasteiger partial charge in [-0.15, -0.1) is 0 Å². The zero-order valence-electron chi connectivity index (χ0n) is 13.8. The van der Waals surface area contributed by atoms with E-state index in [-0.39, 0.29) is 5.75 Å². The Bertz CT molecular complexity index is 850. The molecule has 7 heteroatoms. The predicted molar refractivity (Wildman–Crippen MR) is 92.9 cm³/mol. The van der Waals surface area contributed by atoms with Crippen molar-refractivity contribution in [1.29, 1.82) is 0 Å². The van der Waals surface area contributed by atoms with E-state index in [0.29, 0.717) is 17.5 Å². The summed E-state index contributed by atoms with van der Waals surface area (Å²) in [5, 5.41) is 0.432. The third-order valence-corrected chi connectivity index (χ3v) is 4.87. The van der Waals surface area contributed by atoms with Crippen LogP contribution in [-0.2, 0) is 16.9 Å². The van der Waals surface area contributed by atoms with Crippen molar-refractivity contribution in [3.05, 3.63) is 41.7 Å². The lowest BCUT2D eigenvalue weighted by atomic mass is 10.2. The summed E-state index contributed by atoms with van der Waals surface area (Å²) in [7, 11) is 1.60. The van der Waals surface area contributed by atoms with Crippen LogP contribution in [0.1, 0.15) is 18.2 Å². The lowest BCUT2D eigenvalue weighted by Gasteiger charge is -2.11. The molecule has 0 aliphatic carbocycles. The first-order chi connectivity index (χ1) is 11.6. The molecule has 0 aliphatic rings. The van der Waals surface area contributed by atoms with Gasteiger partial charge in [-0.2, -0.15) is 4.98 Å². The maximum atomic E-state index is 12.7. The molecule has 6 nitrogen and oxygen atoms in total. The highest BCUT2D eigenvalue weighted by Gasteiger charge is 2.20. The molecule has 0 aliphatic heterocycles. The third-order valence-electron chi connectivity index (χ3n) is 3.71. The Balaban J connectivity index is 1.84. The molecule has 0 bridgehead atoms. The second kappa shape index (κ2) is 7.11. The van der Waals surface area contributed by atoms with E-state index in [0.717, 1.165) is 28.0 Å². The fourth-order valence-electron chi connectivity index (χ4n) is 2.41. The number of aromatic amines is 1. The molecule has 1 aromatic carbocycles. The smallest absolute Gasteiger partial charge is 0.322 e. The molecular formula is C17H19N3O3S. The highest BCUT2D eigenvalue weighted by molar-refractivity contribution is 7.90. The molecule has 126 valence electrons. The van der Waals surface area contributed by atoms with E-state index in [4.69, 9.17) is 9.47 Å². The Morgan fingerprint density at radius 3 is 2.88 bits per heavy atom. The van der Waals surface area contributed by atoms with Gasteiger partial charge in [-0.1, -0.05) is 0 Å². The van der Waals surface area contributed by atoms with Gasteiger partial charge in [0.05, 0.1) is 30.4 Å². The van der Waals surface area contributed by atoms with Crippen molar-refractivity contribution in [2.75, 3.05) is 13.7 Å². The average Bonchev–Trinajstić information content (AvgIpc) is 3.01. The van der Waals surface area contributed by atoms with Crippen LogP contribution in [0.3, 0.4) is 0 Å². The maximum absolute atomic E-state index is 12.7. The summed E-state index contributed by atoms with van der Waals surface area (Å²) in [6.45, 7) is 4.44. The minimum absolute atomic E-state index is 0.281. The van der Waals surface area contributed by atoms with Crippen LogP contribution in [0.2, 0.25) is 0 Å². The van der Waals surface area contributed by atoms with Crippen molar-refractivity contribution in [3.8, 4) is 11.5 Å². The molecule has 0 saturated heterocycles. The van der Waals surface area contributed by atoms with E-state index in [2.05, 4.69) is 15.0 Å². The first-order valence-electron chi connectivity index (χ1n) is 7.61. The van der Waals surface area contributed by atoms with Crippen molar-refractivity contribution in [2.24, 2.45) is 0 Å². The summed E-state index contributed by atoms with van der Waals surface area (Å²) in [6.07, 6.45) is 1.67. The molecule has 2 heterocycles. The van der Waals surface area contributed by atoms with Crippen molar-refractivity contribution < 1.29 is 14.0 Å². The highest BCUT2D eigenvalue weighted by atomic mass is 32.2. The summed E-state index contributed by atoms with van der Waals surface area (Å²) >= 11 is -1.32. The van der Waals surface area contributed by atoms with Gasteiger partial charge in [0.15, 0.2) is 5.75 Å². The number of rotatable bonds is 6. The Morgan fingerprint density at radius 2 is 2.12 bits per heavy atom. The average molecular weight is 345 g/mol. The topological polar surface area (TPSA) is 83.1 Å². The first-order valence-corrected chi connectivity index (χ1v) is 8.93. The number of hydrogen-bond acceptors (Lipinski definition) is 5. The van der Waals surface area contributed by atoms with Gasteiger partial charge in [0.1, 0.15) is 11.5 Å². The van der Waals surface area contributed by atoms with E-state index in [1.165, 1.54) is 0 Å². The van der Waals surface area contributed by atoms with E-state index in [1.807, 2.05) is 38.1 Å². The number of imidazole rings is 1. The van der Waals surface area contributed by atoms with Gasteiger partial charge < -0.3 is 14.0 Å². The second-order valence-corrected chi connectivity index (χ2v) is 6.60. The molecule has 0 radical (unpaired) electrons. The predicted octanol–water partition coefficient (Wildman–Crippen LogP) is 2.98. The Hall–Kier alpha value is -2.25. The van der Waals surface area contributed by atoms with Crippen molar-refractivity contribution in [3.63, 3.8) is 0 Å². The second-order valence-electron chi connectivity index (χ2n) is 5.23. The summed E-state index contributed by atoms with van der Waals surface area (Å²) in [5.41, 5.74) is 3.21. The molecular weight excluding hydrogens is 326 g/mol. The lowest BCUT2D eigenvalue weighted by Crippen LogP contribution is -2.10. The molecule has 3 aromatic rings. The van der Waals surface area contributed by atoms with Crippen LogP contribution in [0, 0.1) is 6.92 Å². The molecule has 1 unspecified atom stereocenters. The summed E-state index contributed by atoms with van der Waals surface area (Å²) < 4.78 is 23.4. The van der Waals surface area contributed by atoms with Gasteiger partial charge in [0, 0.05) is 29.0 Å². The molecule has 24 heavy (non-hydrogen) atoms. The Morgan fingerprint density at radius 1 is 1.29 bits per heavy atom. The highest BCUT2D eigenvalue weighted by Crippen LogP contribution is 2.25. The Labute approximate surface area is 143 Å².